The van der Waals surface area contributed by atoms with Gasteiger partial charge in [0, 0.05) is 19.5 Å². The summed E-state index contributed by atoms with van der Waals surface area (Å²) in [5.41, 5.74) is 5.35. The van der Waals surface area contributed by atoms with Crippen LogP contribution in [0.15, 0.2) is 12.3 Å². The summed E-state index contributed by atoms with van der Waals surface area (Å²) < 4.78 is 1.65. The quantitative estimate of drug-likeness (QED) is 0.815. The van der Waals surface area contributed by atoms with Gasteiger partial charge in [-0.15, -0.1) is 24.8 Å². The maximum Gasteiger partial charge on any atom is 0.222 e. The summed E-state index contributed by atoms with van der Waals surface area (Å²) in [5.74, 6) is 0.585. The second kappa shape index (κ2) is 7.61. The molecule has 0 aromatic carbocycles. The van der Waals surface area contributed by atoms with Crippen molar-refractivity contribution in [1.29, 1.82) is 0 Å². The highest BCUT2D eigenvalue weighted by Gasteiger charge is 2.01. The molecule has 0 saturated carbocycles. The van der Waals surface area contributed by atoms with Gasteiger partial charge in [-0.05, 0) is 0 Å². The lowest BCUT2D eigenvalue weighted by atomic mass is 10.5. The van der Waals surface area contributed by atoms with Crippen molar-refractivity contribution in [3.63, 3.8) is 0 Å². The first-order valence-corrected chi connectivity index (χ1v) is 3.73. The molecule has 7 heteroatoms. The molecule has 0 aliphatic carbocycles. The minimum absolute atomic E-state index is 0. The van der Waals surface area contributed by atoms with Gasteiger partial charge in [-0.25, -0.2) is 4.68 Å². The Morgan fingerprint density at radius 1 is 1.64 bits per heavy atom. The van der Waals surface area contributed by atoms with Crippen molar-refractivity contribution >= 4 is 36.5 Å². The van der Waals surface area contributed by atoms with E-state index in [1.165, 1.54) is 6.92 Å². The lowest BCUT2D eigenvalue weighted by Crippen LogP contribution is -2.16. The number of amides is 1. The van der Waals surface area contributed by atoms with Crippen LogP contribution in [-0.4, -0.2) is 22.2 Å². The summed E-state index contributed by atoms with van der Waals surface area (Å²) in [4.78, 5) is 10.7. The highest BCUT2D eigenvalue weighted by atomic mass is 35.5. The molecular weight excluding hydrogens is 227 g/mol. The number of carbonyl (C=O) groups excluding carboxylic acids is 1. The summed E-state index contributed by atoms with van der Waals surface area (Å²) >= 11 is 0. The number of carbonyl (C=O) groups is 1. The monoisotopic (exact) mass is 240 g/mol. The van der Waals surface area contributed by atoms with Crippen LogP contribution in [0.25, 0.3) is 0 Å². The van der Waals surface area contributed by atoms with Gasteiger partial charge in [-0.2, -0.15) is 5.10 Å². The average Bonchev–Trinajstić information content (AvgIpc) is 2.37. The van der Waals surface area contributed by atoms with E-state index in [4.69, 9.17) is 5.73 Å². The second-order valence-corrected chi connectivity index (χ2v) is 2.41. The van der Waals surface area contributed by atoms with Crippen molar-refractivity contribution in [3.05, 3.63) is 12.3 Å². The summed E-state index contributed by atoms with van der Waals surface area (Å²) in [7, 11) is 0. The lowest BCUT2D eigenvalue weighted by Gasteiger charge is -2.04. The van der Waals surface area contributed by atoms with E-state index in [1.807, 2.05) is 0 Å². The molecule has 0 aliphatic heterocycles. The van der Waals surface area contributed by atoms with E-state index in [0.717, 1.165) is 0 Å². The van der Waals surface area contributed by atoms with Gasteiger partial charge in [0.2, 0.25) is 5.91 Å². The number of nitrogens with one attached hydrogen (secondary N) is 1. The van der Waals surface area contributed by atoms with Crippen LogP contribution in [0.4, 0.5) is 5.82 Å². The number of nitrogens with two attached hydrogens (primary N) is 1. The van der Waals surface area contributed by atoms with E-state index in [0.29, 0.717) is 18.9 Å². The largest absolute Gasteiger partial charge is 0.329 e. The lowest BCUT2D eigenvalue weighted by molar-refractivity contribution is -0.114. The van der Waals surface area contributed by atoms with Gasteiger partial charge in [-0.1, -0.05) is 0 Å². The van der Waals surface area contributed by atoms with Crippen LogP contribution < -0.4 is 11.1 Å². The van der Waals surface area contributed by atoms with Crippen LogP contribution in [0.3, 0.4) is 0 Å². The molecular formula is C7H14Cl2N4O. The van der Waals surface area contributed by atoms with E-state index in [-0.39, 0.29) is 30.7 Å². The van der Waals surface area contributed by atoms with Crippen molar-refractivity contribution in [2.45, 2.75) is 13.5 Å². The maximum absolute atomic E-state index is 10.7. The molecule has 5 nitrogen and oxygen atoms in total. The summed E-state index contributed by atoms with van der Waals surface area (Å²) in [5, 5.41) is 6.63. The van der Waals surface area contributed by atoms with Gasteiger partial charge in [0.15, 0.2) is 0 Å². The summed E-state index contributed by atoms with van der Waals surface area (Å²) in [6.07, 6.45) is 1.63. The van der Waals surface area contributed by atoms with Gasteiger partial charge < -0.3 is 11.1 Å². The summed E-state index contributed by atoms with van der Waals surface area (Å²) in [6.45, 7) is 2.58. The zero-order valence-corrected chi connectivity index (χ0v) is 9.40. The Labute approximate surface area is 94.9 Å². The first-order chi connectivity index (χ1) is 5.74. The van der Waals surface area contributed by atoms with Crippen LogP contribution in [0.2, 0.25) is 0 Å². The van der Waals surface area contributed by atoms with Crippen molar-refractivity contribution in [3.8, 4) is 0 Å². The molecule has 0 unspecified atom stereocenters. The van der Waals surface area contributed by atoms with Gasteiger partial charge >= 0.3 is 0 Å². The fraction of sp³-hybridized carbons (Fsp3) is 0.429. The molecule has 0 radical (unpaired) electrons. The molecule has 1 amide bonds. The highest BCUT2D eigenvalue weighted by Crippen LogP contribution is 2.04. The smallest absolute Gasteiger partial charge is 0.222 e. The SMILES string of the molecule is CC(=O)Nc1ccnn1CCN.Cl.Cl. The number of nitrogens with zero attached hydrogens (tertiary/aromatic N) is 2. The van der Waals surface area contributed by atoms with E-state index < -0.39 is 0 Å². The second-order valence-electron chi connectivity index (χ2n) is 2.41. The van der Waals surface area contributed by atoms with Gasteiger partial charge in [0.05, 0.1) is 12.7 Å². The van der Waals surface area contributed by atoms with Crippen LogP contribution in [0, 0.1) is 0 Å². The minimum atomic E-state index is -0.103. The van der Waals surface area contributed by atoms with Crippen LogP contribution >= 0.6 is 24.8 Å². The Kier molecular flexibility index (Phi) is 8.52. The van der Waals surface area contributed by atoms with Crippen molar-refractivity contribution < 1.29 is 4.79 Å². The fourth-order valence-electron chi connectivity index (χ4n) is 0.920. The molecule has 3 N–H and O–H groups in total. The van der Waals surface area contributed by atoms with Gasteiger partial charge in [0.1, 0.15) is 5.82 Å². The fourth-order valence-corrected chi connectivity index (χ4v) is 0.920. The van der Waals surface area contributed by atoms with E-state index >= 15 is 0 Å². The van der Waals surface area contributed by atoms with Crippen LogP contribution in [0.5, 0.6) is 0 Å². The third kappa shape index (κ3) is 4.45. The zero-order chi connectivity index (χ0) is 8.97. The van der Waals surface area contributed by atoms with Crippen molar-refractivity contribution in [1.82, 2.24) is 9.78 Å². The number of aromatic nitrogens is 2. The van der Waals surface area contributed by atoms with Crippen molar-refractivity contribution in [2.24, 2.45) is 5.73 Å². The molecule has 0 atom stereocenters. The van der Waals surface area contributed by atoms with Gasteiger partial charge in [0.25, 0.3) is 0 Å². The number of hydrogen-bond donors (Lipinski definition) is 2. The Balaban J connectivity index is 0. The maximum atomic E-state index is 10.7. The number of halogens is 2. The molecule has 82 valence electrons. The van der Waals surface area contributed by atoms with E-state index in [2.05, 4.69) is 10.4 Å². The number of rotatable bonds is 3. The predicted molar refractivity (Wildman–Crippen MR) is 60.1 cm³/mol. The summed E-state index contributed by atoms with van der Waals surface area (Å²) in [6, 6.07) is 1.73. The van der Waals surface area contributed by atoms with Crippen LogP contribution in [-0.2, 0) is 11.3 Å². The Morgan fingerprint density at radius 3 is 2.79 bits per heavy atom. The Hall–Kier alpha value is -0.780. The third-order valence-electron chi connectivity index (χ3n) is 1.36. The van der Waals surface area contributed by atoms with Gasteiger partial charge in [-0.3, -0.25) is 4.79 Å². The molecule has 0 fully saturated rings. The molecule has 1 aromatic heterocycles. The zero-order valence-electron chi connectivity index (χ0n) is 7.77. The number of hydrogen-bond acceptors (Lipinski definition) is 3. The molecule has 14 heavy (non-hydrogen) atoms. The van der Waals surface area contributed by atoms with Crippen LogP contribution in [0.1, 0.15) is 6.92 Å². The Bertz CT molecular complexity index is 276. The number of anilines is 1. The molecule has 0 bridgehead atoms. The topological polar surface area (TPSA) is 72.9 Å². The molecule has 1 aromatic rings. The van der Waals surface area contributed by atoms with Crippen molar-refractivity contribution in [2.75, 3.05) is 11.9 Å². The first-order valence-electron chi connectivity index (χ1n) is 3.73. The predicted octanol–water partition coefficient (Wildman–Crippen LogP) is 0.644. The van der Waals surface area contributed by atoms with E-state index in [9.17, 15) is 4.79 Å². The molecule has 0 saturated heterocycles. The molecule has 1 rings (SSSR count). The molecule has 0 aliphatic rings. The minimum Gasteiger partial charge on any atom is -0.329 e. The normalized spacial score (nSPS) is 8.43. The van der Waals surface area contributed by atoms with E-state index in [1.54, 1.807) is 16.9 Å². The first kappa shape index (κ1) is 15.7. The standard InChI is InChI=1S/C7H12N4O.2ClH/c1-6(12)10-7-2-4-9-11(7)5-3-8;;/h2,4H,3,5,8H2,1H3,(H,10,12);2*1H. The third-order valence-corrected chi connectivity index (χ3v) is 1.36. The molecule has 1 heterocycles. The highest BCUT2D eigenvalue weighted by molar-refractivity contribution is 5.87. The Morgan fingerprint density at radius 2 is 2.29 bits per heavy atom. The average molecular weight is 241 g/mol. The molecule has 0 spiro atoms.